The van der Waals surface area contributed by atoms with Gasteiger partial charge >= 0.3 is 0 Å². The van der Waals surface area contributed by atoms with Crippen LogP contribution in [0.4, 0.5) is 0 Å². The van der Waals surface area contributed by atoms with Crippen LogP contribution < -0.4 is 0 Å². The smallest absolute Gasteiger partial charge is 0.252 e. The van der Waals surface area contributed by atoms with Crippen molar-refractivity contribution in [3.63, 3.8) is 0 Å². The number of amides is 1. The van der Waals surface area contributed by atoms with Gasteiger partial charge < -0.3 is 14.7 Å². The van der Waals surface area contributed by atoms with Crippen LogP contribution in [0.25, 0.3) is 0 Å². The summed E-state index contributed by atoms with van der Waals surface area (Å²) < 4.78 is 6.38. The number of ether oxygens (including phenoxy) is 1. The number of hydrogen-bond acceptors (Lipinski definition) is 3. The third kappa shape index (κ3) is 4.77. The molecule has 3 unspecified atom stereocenters. The fourth-order valence-corrected chi connectivity index (χ4v) is 4.33. The third-order valence-electron chi connectivity index (χ3n) is 5.66. The monoisotopic (exact) mass is 433 g/mol. The zero-order chi connectivity index (χ0) is 20.4. The van der Waals surface area contributed by atoms with Crippen LogP contribution in [0.2, 0.25) is 10.0 Å². The Balaban J connectivity index is 1.75. The van der Waals surface area contributed by atoms with E-state index in [2.05, 4.69) is 0 Å². The van der Waals surface area contributed by atoms with Crippen LogP contribution in [0.1, 0.15) is 49.0 Å². The van der Waals surface area contributed by atoms with Crippen LogP contribution in [0.3, 0.4) is 0 Å². The zero-order valence-corrected chi connectivity index (χ0v) is 17.6. The molecule has 6 heteroatoms. The van der Waals surface area contributed by atoms with E-state index in [-0.39, 0.29) is 24.7 Å². The number of benzene rings is 2. The van der Waals surface area contributed by atoms with E-state index in [4.69, 9.17) is 27.9 Å². The van der Waals surface area contributed by atoms with E-state index in [9.17, 15) is 9.90 Å². The summed E-state index contributed by atoms with van der Waals surface area (Å²) in [7, 11) is 0. The molecule has 1 heterocycles. The van der Waals surface area contributed by atoms with E-state index in [1.807, 2.05) is 53.4 Å². The molecule has 2 fully saturated rings. The minimum Gasteiger partial charge on any atom is -0.396 e. The van der Waals surface area contributed by atoms with Crippen LogP contribution in [0, 0.1) is 5.92 Å². The number of aliphatic hydroxyl groups is 1. The lowest BCUT2D eigenvalue weighted by Gasteiger charge is -2.45. The number of carbonyl (C=O) groups excluding carboxylic acids is 1. The largest absolute Gasteiger partial charge is 0.396 e. The molecule has 1 aliphatic heterocycles. The summed E-state index contributed by atoms with van der Waals surface area (Å²) in [6.07, 6.45) is 2.44. The predicted octanol–water partition coefficient (Wildman–Crippen LogP) is 5.19. The minimum absolute atomic E-state index is 0.00331. The maximum Gasteiger partial charge on any atom is 0.252 e. The van der Waals surface area contributed by atoms with Gasteiger partial charge in [0.25, 0.3) is 5.91 Å². The molecule has 4 rings (SSSR count). The standard InChI is InChI=1S/C23H25Cl2NO3/c24-18-10-8-16(9-11-18)21-22(17-3-1-4-19(25)13-17)29-20(5-2-12-27)23(28)26(21)14-15-6-7-15/h1,3-4,8-11,13,15,20-22,27H,2,5-7,12,14H2. The molecule has 1 N–H and O–H groups in total. The molecule has 0 radical (unpaired) electrons. The summed E-state index contributed by atoms with van der Waals surface area (Å²) in [5, 5.41) is 10.6. The maximum absolute atomic E-state index is 13.4. The van der Waals surface area contributed by atoms with Gasteiger partial charge in [0.15, 0.2) is 0 Å². The molecule has 1 saturated heterocycles. The van der Waals surface area contributed by atoms with Crippen molar-refractivity contribution in [2.24, 2.45) is 5.92 Å². The first-order chi connectivity index (χ1) is 14.1. The first kappa shape index (κ1) is 20.7. The highest BCUT2D eigenvalue weighted by molar-refractivity contribution is 6.30. The first-order valence-electron chi connectivity index (χ1n) is 10.1. The molecule has 1 amide bonds. The van der Waals surface area contributed by atoms with Crippen LogP contribution in [-0.2, 0) is 9.53 Å². The lowest BCUT2D eigenvalue weighted by atomic mass is 9.90. The molecule has 2 aromatic rings. The Hall–Kier alpha value is -1.59. The van der Waals surface area contributed by atoms with Crippen molar-refractivity contribution < 1.29 is 14.6 Å². The predicted molar refractivity (Wildman–Crippen MR) is 114 cm³/mol. The second-order valence-electron chi connectivity index (χ2n) is 7.90. The topological polar surface area (TPSA) is 49.8 Å². The van der Waals surface area contributed by atoms with E-state index in [0.29, 0.717) is 28.8 Å². The highest BCUT2D eigenvalue weighted by Gasteiger charge is 2.45. The Morgan fingerprint density at radius 3 is 2.45 bits per heavy atom. The van der Waals surface area contributed by atoms with Gasteiger partial charge in [0.1, 0.15) is 12.2 Å². The normalized spacial score (nSPS) is 24.7. The summed E-state index contributed by atoms with van der Waals surface area (Å²) in [5.74, 6) is 0.550. The number of hydrogen-bond donors (Lipinski definition) is 1. The van der Waals surface area contributed by atoms with Gasteiger partial charge in [-0.2, -0.15) is 0 Å². The molecule has 4 nitrogen and oxygen atoms in total. The Kier molecular flexibility index (Phi) is 6.45. The van der Waals surface area contributed by atoms with Gasteiger partial charge in [0.2, 0.25) is 0 Å². The molecule has 0 aromatic heterocycles. The van der Waals surface area contributed by atoms with Crippen molar-refractivity contribution in [1.82, 2.24) is 4.90 Å². The summed E-state index contributed by atoms with van der Waals surface area (Å²) >= 11 is 12.4. The van der Waals surface area contributed by atoms with Crippen LogP contribution in [0.5, 0.6) is 0 Å². The van der Waals surface area contributed by atoms with Crippen molar-refractivity contribution in [3.05, 3.63) is 69.7 Å². The van der Waals surface area contributed by atoms with Crippen molar-refractivity contribution in [2.45, 2.75) is 43.9 Å². The Morgan fingerprint density at radius 2 is 1.79 bits per heavy atom. The van der Waals surface area contributed by atoms with Gasteiger partial charge in [-0.05, 0) is 67.0 Å². The number of aliphatic hydroxyl groups excluding tert-OH is 1. The van der Waals surface area contributed by atoms with Crippen molar-refractivity contribution in [1.29, 1.82) is 0 Å². The second kappa shape index (κ2) is 9.05. The van der Waals surface area contributed by atoms with E-state index in [0.717, 1.165) is 30.5 Å². The zero-order valence-electron chi connectivity index (χ0n) is 16.1. The quantitative estimate of drug-likeness (QED) is 0.653. The molecular weight excluding hydrogens is 409 g/mol. The van der Waals surface area contributed by atoms with Crippen molar-refractivity contribution in [2.75, 3.05) is 13.2 Å². The highest BCUT2D eigenvalue weighted by atomic mass is 35.5. The molecule has 1 aliphatic carbocycles. The number of halogens is 2. The average Bonchev–Trinajstić information content (AvgIpc) is 3.53. The van der Waals surface area contributed by atoms with Crippen molar-refractivity contribution >= 4 is 29.1 Å². The maximum atomic E-state index is 13.4. The number of nitrogens with zero attached hydrogens (tertiary/aromatic N) is 1. The molecule has 2 aliphatic rings. The average molecular weight is 434 g/mol. The molecular formula is C23H25Cl2NO3. The lowest BCUT2D eigenvalue weighted by Crippen LogP contribution is -2.51. The minimum atomic E-state index is -0.562. The van der Waals surface area contributed by atoms with Gasteiger partial charge in [-0.1, -0.05) is 47.5 Å². The number of rotatable bonds is 7. The Morgan fingerprint density at radius 1 is 1.03 bits per heavy atom. The molecule has 0 spiro atoms. The van der Waals surface area contributed by atoms with E-state index in [1.165, 1.54) is 0 Å². The third-order valence-corrected chi connectivity index (χ3v) is 6.14. The fourth-order valence-electron chi connectivity index (χ4n) is 4.00. The van der Waals surface area contributed by atoms with E-state index in [1.54, 1.807) is 0 Å². The Labute approximate surface area is 181 Å². The second-order valence-corrected chi connectivity index (χ2v) is 8.77. The molecule has 1 saturated carbocycles. The molecule has 154 valence electrons. The fraction of sp³-hybridized carbons (Fsp3) is 0.435. The summed E-state index contributed by atoms with van der Waals surface area (Å²) in [6, 6.07) is 15.0. The van der Waals surface area contributed by atoms with Gasteiger partial charge in [-0.25, -0.2) is 0 Å². The molecule has 3 atom stereocenters. The van der Waals surface area contributed by atoms with Gasteiger partial charge in [-0.15, -0.1) is 0 Å². The van der Waals surface area contributed by atoms with Crippen LogP contribution in [-0.4, -0.2) is 35.2 Å². The summed E-state index contributed by atoms with van der Waals surface area (Å²) in [4.78, 5) is 15.3. The van der Waals surface area contributed by atoms with Gasteiger partial charge in [-0.3, -0.25) is 4.79 Å². The molecule has 29 heavy (non-hydrogen) atoms. The number of morpholine rings is 1. The number of carbonyl (C=O) groups is 1. The van der Waals surface area contributed by atoms with E-state index < -0.39 is 6.10 Å². The highest BCUT2D eigenvalue weighted by Crippen LogP contribution is 2.45. The molecule has 2 aromatic carbocycles. The van der Waals surface area contributed by atoms with E-state index >= 15 is 0 Å². The van der Waals surface area contributed by atoms with Crippen molar-refractivity contribution in [3.8, 4) is 0 Å². The summed E-state index contributed by atoms with van der Waals surface area (Å²) in [5.41, 5.74) is 1.94. The van der Waals surface area contributed by atoms with Gasteiger partial charge in [0, 0.05) is 23.2 Å². The SMILES string of the molecule is O=C1C(CCCO)OC(c2cccc(Cl)c2)C(c2ccc(Cl)cc2)N1CC1CC1. The van der Waals surface area contributed by atoms with Crippen LogP contribution in [0.15, 0.2) is 48.5 Å². The first-order valence-corrected chi connectivity index (χ1v) is 10.9. The van der Waals surface area contributed by atoms with Gasteiger partial charge in [0.05, 0.1) is 6.04 Å². The summed E-state index contributed by atoms with van der Waals surface area (Å²) in [6.45, 7) is 0.764. The Bertz CT molecular complexity index is 853. The lowest BCUT2D eigenvalue weighted by molar-refractivity contribution is -0.176. The van der Waals surface area contributed by atoms with Crippen LogP contribution >= 0.6 is 23.2 Å². The molecule has 0 bridgehead atoms.